The molecule has 0 bridgehead atoms. The Bertz CT molecular complexity index is 185. The molecule has 0 aromatic heterocycles. The summed E-state index contributed by atoms with van der Waals surface area (Å²) in [4.78, 5) is 11.1. The Balaban J connectivity index is 2.72. The van der Waals surface area contributed by atoms with Gasteiger partial charge in [0, 0.05) is 5.41 Å². The summed E-state index contributed by atoms with van der Waals surface area (Å²) in [5.41, 5.74) is -0.0845. The van der Waals surface area contributed by atoms with Gasteiger partial charge in [0.25, 0.3) is 0 Å². The molecule has 13 heavy (non-hydrogen) atoms. The fourth-order valence-corrected chi connectivity index (χ4v) is 2.92. The minimum absolute atomic E-state index is 0.0845. The van der Waals surface area contributed by atoms with Crippen LogP contribution in [0.3, 0.4) is 0 Å². The Morgan fingerprint density at radius 2 is 1.92 bits per heavy atom. The highest BCUT2D eigenvalue weighted by molar-refractivity contribution is 5.60. The van der Waals surface area contributed by atoms with Gasteiger partial charge in [0.2, 0.25) is 0 Å². The molecule has 0 spiro atoms. The highest BCUT2D eigenvalue weighted by atomic mass is 16.1. The average Bonchev–Trinajstić information content (AvgIpc) is 2.03. The molecule has 1 saturated carbocycles. The topological polar surface area (TPSA) is 17.1 Å². The number of hydrogen-bond donors (Lipinski definition) is 0. The van der Waals surface area contributed by atoms with E-state index in [2.05, 4.69) is 20.4 Å². The van der Waals surface area contributed by atoms with Crippen molar-refractivity contribution in [2.75, 3.05) is 0 Å². The number of aldehydes is 1. The highest BCUT2D eigenvalue weighted by Crippen LogP contribution is 2.43. The molecule has 1 aliphatic rings. The number of rotatable bonds is 3. The SMILES string of the molecule is C=CCC1(C=O)CC(C)CC(C)C1. The van der Waals surface area contributed by atoms with Crippen molar-refractivity contribution in [3.8, 4) is 0 Å². The summed E-state index contributed by atoms with van der Waals surface area (Å²) < 4.78 is 0. The van der Waals surface area contributed by atoms with Gasteiger partial charge in [0.1, 0.15) is 6.29 Å². The molecule has 0 aromatic carbocycles. The first kappa shape index (κ1) is 10.5. The van der Waals surface area contributed by atoms with Gasteiger partial charge in [0.15, 0.2) is 0 Å². The van der Waals surface area contributed by atoms with E-state index in [0.29, 0.717) is 11.8 Å². The van der Waals surface area contributed by atoms with E-state index in [1.165, 1.54) is 12.7 Å². The van der Waals surface area contributed by atoms with Crippen LogP contribution >= 0.6 is 0 Å². The molecule has 0 aliphatic heterocycles. The first-order valence-corrected chi connectivity index (χ1v) is 5.19. The van der Waals surface area contributed by atoms with E-state index in [1.807, 2.05) is 6.08 Å². The lowest BCUT2D eigenvalue weighted by Crippen LogP contribution is -2.32. The molecule has 74 valence electrons. The first-order chi connectivity index (χ1) is 6.12. The third-order valence-corrected chi connectivity index (χ3v) is 3.12. The van der Waals surface area contributed by atoms with Gasteiger partial charge in [-0.1, -0.05) is 19.9 Å². The van der Waals surface area contributed by atoms with Crippen LogP contribution in [0.5, 0.6) is 0 Å². The summed E-state index contributed by atoms with van der Waals surface area (Å²) in [6.45, 7) is 8.23. The molecule has 2 unspecified atom stereocenters. The molecular formula is C12H20O. The van der Waals surface area contributed by atoms with Gasteiger partial charge < -0.3 is 4.79 Å². The van der Waals surface area contributed by atoms with E-state index >= 15 is 0 Å². The fourth-order valence-electron chi connectivity index (χ4n) is 2.92. The van der Waals surface area contributed by atoms with Crippen molar-refractivity contribution < 1.29 is 4.79 Å². The van der Waals surface area contributed by atoms with Crippen molar-refractivity contribution in [3.63, 3.8) is 0 Å². The third-order valence-electron chi connectivity index (χ3n) is 3.12. The van der Waals surface area contributed by atoms with Gasteiger partial charge in [-0.2, -0.15) is 0 Å². The average molecular weight is 180 g/mol. The smallest absolute Gasteiger partial charge is 0.126 e. The lowest BCUT2D eigenvalue weighted by Gasteiger charge is -2.38. The van der Waals surface area contributed by atoms with Crippen molar-refractivity contribution in [1.82, 2.24) is 0 Å². The predicted octanol–water partition coefficient (Wildman–Crippen LogP) is 3.20. The van der Waals surface area contributed by atoms with Gasteiger partial charge in [-0.05, 0) is 37.5 Å². The van der Waals surface area contributed by atoms with Gasteiger partial charge >= 0.3 is 0 Å². The van der Waals surface area contributed by atoms with Crippen LogP contribution in [0.4, 0.5) is 0 Å². The maximum absolute atomic E-state index is 11.1. The molecule has 0 amide bonds. The largest absolute Gasteiger partial charge is 0.303 e. The normalized spacial score (nSPS) is 39.8. The van der Waals surface area contributed by atoms with E-state index in [4.69, 9.17) is 0 Å². The number of carbonyl (C=O) groups excluding carboxylic acids is 1. The molecule has 2 atom stereocenters. The summed E-state index contributed by atoms with van der Waals surface area (Å²) in [6, 6.07) is 0. The van der Waals surface area contributed by atoms with Crippen molar-refractivity contribution >= 4 is 6.29 Å². The second-order valence-electron chi connectivity index (χ2n) is 4.83. The third kappa shape index (κ3) is 2.43. The fraction of sp³-hybridized carbons (Fsp3) is 0.750. The number of hydrogen-bond acceptors (Lipinski definition) is 1. The predicted molar refractivity (Wildman–Crippen MR) is 55.5 cm³/mol. The quantitative estimate of drug-likeness (QED) is 0.481. The Morgan fingerprint density at radius 1 is 1.38 bits per heavy atom. The lowest BCUT2D eigenvalue weighted by atomic mass is 9.65. The van der Waals surface area contributed by atoms with Gasteiger partial charge in [-0.25, -0.2) is 0 Å². The summed E-state index contributed by atoms with van der Waals surface area (Å²) >= 11 is 0. The minimum atomic E-state index is -0.0845. The Labute approximate surface area is 81.2 Å². The maximum Gasteiger partial charge on any atom is 0.126 e. The van der Waals surface area contributed by atoms with E-state index in [9.17, 15) is 4.79 Å². The van der Waals surface area contributed by atoms with Gasteiger partial charge in [-0.15, -0.1) is 6.58 Å². The van der Waals surface area contributed by atoms with E-state index < -0.39 is 0 Å². The molecule has 0 aromatic rings. The van der Waals surface area contributed by atoms with Gasteiger partial charge in [-0.3, -0.25) is 0 Å². The Morgan fingerprint density at radius 3 is 2.31 bits per heavy atom. The van der Waals surface area contributed by atoms with Crippen LogP contribution in [0.25, 0.3) is 0 Å². The second-order valence-corrected chi connectivity index (χ2v) is 4.83. The van der Waals surface area contributed by atoms with Crippen molar-refractivity contribution in [1.29, 1.82) is 0 Å². The lowest BCUT2D eigenvalue weighted by molar-refractivity contribution is -0.119. The molecule has 0 saturated heterocycles. The van der Waals surface area contributed by atoms with Crippen LogP contribution < -0.4 is 0 Å². The molecule has 1 rings (SSSR count). The monoisotopic (exact) mass is 180 g/mol. The zero-order valence-electron chi connectivity index (χ0n) is 8.75. The maximum atomic E-state index is 11.1. The van der Waals surface area contributed by atoms with Crippen LogP contribution in [0.2, 0.25) is 0 Å². The molecule has 0 heterocycles. The van der Waals surface area contributed by atoms with Gasteiger partial charge in [0.05, 0.1) is 0 Å². The molecule has 1 aliphatic carbocycles. The van der Waals surface area contributed by atoms with E-state index in [-0.39, 0.29) is 5.41 Å². The van der Waals surface area contributed by atoms with E-state index in [0.717, 1.165) is 19.3 Å². The molecular weight excluding hydrogens is 160 g/mol. The van der Waals surface area contributed by atoms with Crippen LogP contribution in [-0.2, 0) is 4.79 Å². The molecule has 1 nitrogen and oxygen atoms in total. The van der Waals surface area contributed by atoms with Crippen LogP contribution in [0.1, 0.15) is 39.5 Å². The summed E-state index contributed by atoms with van der Waals surface area (Å²) in [6.07, 6.45) is 7.28. The van der Waals surface area contributed by atoms with Crippen molar-refractivity contribution in [2.45, 2.75) is 39.5 Å². The molecule has 0 radical (unpaired) electrons. The van der Waals surface area contributed by atoms with Crippen LogP contribution in [-0.4, -0.2) is 6.29 Å². The van der Waals surface area contributed by atoms with Crippen LogP contribution in [0.15, 0.2) is 12.7 Å². The van der Waals surface area contributed by atoms with Crippen LogP contribution in [0, 0.1) is 17.3 Å². The molecule has 1 fully saturated rings. The molecule has 0 N–H and O–H groups in total. The Hall–Kier alpha value is -0.590. The summed E-state index contributed by atoms with van der Waals surface area (Å²) in [5.74, 6) is 1.38. The van der Waals surface area contributed by atoms with E-state index in [1.54, 1.807) is 0 Å². The number of carbonyl (C=O) groups is 1. The summed E-state index contributed by atoms with van der Waals surface area (Å²) in [7, 11) is 0. The first-order valence-electron chi connectivity index (χ1n) is 5.19. The van der Waals surface area contributed by atoms with Crippen molar-refractivity contribution in [3.05, 3.63) is 12.7 Å². The zero-order valence-corrected chi connectivity index (χ0v) is 8.75. The second kappa shape index (κ2) is 4.08. The highest BCUT2D eigenvalue weighted by Gasteiger charge is 2.36. The minimum Gasteiger partial charge on any atom is -0.303 e. The summed E-state index contributed by atoms with van der Waals surface area (Å²) in [5, 5.41) is 0. The standard InChI is InChI=1S/C12H20O/c1-4-5-12(9-13)7-10(2)6-11(3)8-12/h4,9-11H,1,5-8H2,2-3H3. The molecule has 1 heteroatoms. The zero-order chi connectivity index (χ0) is 9.90. The van der Waals surface area contributed by atoms with Crippen molar-refractivity contribution in [2.24, 2.45) is 17.3 Å². The Kier molecular flexibility index (Phi) is 3.29. The number of allylic oxidation sites excluding steroid dienone is 1.